The van der Waals surface area contributed by atoms with E-state index in [-0.39, 0.29) is 11.2 Å². The van der Waals surface area contributed by atoms with Crippen LogP contribution >= 0.6 is 11.3 Å². The van der Waals surface area contributed by atoms with Gasteiger partial charge in [-0.15, -0.1) is 11.3 Å². The number of hydrogen-bond acceptors (Lipinski definition) is 8. The Bertz CT molecular complexity index is 1530. The highest BCUT2D eigenvalue weighted by Crippen LogP contribution is 2.37. The van der Waals surface area contributed by atoms with Crippen molar-refractivity contribution in [3.8, 4) is 17.7 Å². The van der Waals surface area contributed by atoms with E-state index in [0.29, 0.717) is 11.8 Å². The van der Waals surface area contributed by atoms with E-state index in [2.05, 4.69) is 10.3 Å². The van der Waals surface area contributed by atoms with E-state index in [1.165, 1.54) is 17.4 Å². The Labute approximate surface area is 227 Å². The molecule has 0 saturated carbocycles. The minimum absolute atomic E-state index is 0.390. The standard InChI is InChI=1S/C29H29BN4O3S/c1-18-16-20(8-7-14-31)17-19(2)24(18)35-26-25-23(13-15-38-25)33-27(34-26)32-22-11-9-21(10-12-22)30-36-28(3,4)29(5,6)37-30/h7-13,15-17H,1-6H3,(H,32,33,34)/b8-7+. The fourth-order valence-electron chi connectivity index (χ4n) is 4.26. The molecule has 1 aliphatic rings. The number of rotatable bonds is 6. The lowest BCUT2D eigenvalue weighted by Crippen LogP contribution is -2.41. The predicted octanol–water partition coefficient (Wildman–Crippen LogP) is 6.68. The average Bonchev–Trinajstić information content (AvgIpc) is 3.41. The molecule has 0 unspecified atom stereocenters. The van der Waals surface area contributed by atoms with Crippen LogP contribution in [-0.4, -0.2) is 28.3 Å². The smallest absolute Gasteiger partial charge is 0.437 e. The van der Waals surface area contributed by atoms with Crippen molar-refractivity contribution in [1.82, 2.24) is 9.97 Å². The summed E-state index contributed by atoms with van der Waals surface area (Å²) in [6, 6.07) is 15.9. The molecule has 1 N–H and O–H groups in total. The number of benzene rings is 2. The van der Waals surface area contributed by atoms with Crippen LogP contribution in [0, 0.1) is 25.2 Å². The van der Waals surface area contributed by atoms with E-state index >= 15 is 0 Å². The zero-order valence-electron chi connectivity index (χ0n) is 22.3. The molecule has 2 aromatic heterocycles. The quantitative estimate of drug-likeness (QED) is 0.222. The molecule has 0 aliphatic carbocycles. The number of nitrogens with zero attached hydrogens (tertiary/aromatic N) is 3. The molecule has 0 bridgehead atoms. The van der Waals surface area contributed by atoms with Crippen molar-refractivity contribution in [2.45, 2.75) is 52.7 Å². The first-order valence-corrected chi connectivity index (χ1v) is 13.3. The van der Waals surface area contributed by atoms with Crippen molar-refractivity contribution in [3.05, 3.63) is 70.6 Å². The molecule has 1 fully saturated rings. The van der Waals surface area contributed by atoms with E-state index in [1.807, 2.05) is 95.5 Å². The molecule has 3 heterocycles. The van der Waals surface area contributed by atoms with Gasteiger partial charge in [-0.2, -0.15) is 10.2 Å². The summed E-state index contributed by atoms with van der Waals surface area (Å²) in [5, 5.41) is 14.1. The van der Waals surface area contributed by atoms with Crippen LogP contribution in [0.5, 0.6) is 11.6 Å². The van der Waals surface area contributed by atoms with Gasteiger partial charge in [0.05, 0.1) is 22.8 Å². The van der Waals surface area contributed by atoms with Crippen LogP contribution in [0.25, 0.3) is 16.3 Å². The van der Waals surface area contributed by atoms with Gasteiger partial charge in [0.1, 0.15) is 10.4 Å². The van der Waals surface area contributed by atoms with Crippen LogP contribution in [0.15, 0.2) is 53.9 Å². The van der Waals surface area contributed by atoms with E-state index in [4.69, 9.17) is 24.3 Å². The molecule has 4 aromatic rings. The normalized spacial score (nSPS) is 16.2. The number of aryl methyl sites for hydroxylation is 2. The third-order valence-corrected chi connectivity index (χ3v) is 7.89. The number of aromatic nitrogens is 2. The molecule has 0 atom stereocenters. The largest absolute Gasteiger partial charge is 0.494 e. The number of fused-ring (bicyclic) bond motifs is 1. The second-order valence-corrected chi connectivity index (χ2v) is 11.3. The van der Waals surface area contributed by atoms with Gasteiger partial charge in [0.25, 0.3) is 0 Å². The van der Waals surface area contributed by atoms with Crippen molar-refractivity contribution in [1.29, 1.82) is 5.26 Å². The van der Waals surface area contributed by atoms with Gasteiger partial charge in [-0.05, 0) is 105 Å². The summed E-state index contributed by atoms with van der Waals surface area (Å²) in [7, 11) is -0.416. The van der Waals surface area contributed by atoms with Gasteiger partial charge in [0.2, 0.25) is 11.8 Å². The van der Waals surface area contributed by atoms with Crippen LogP contribution in [0.2, 0.25) is 0 Å². The van der Waals surface area contributed by atoms with Gasteiger partial charge in [-0.25, -0.2) is 4.98 Å². The highest BCUT2D eigenvalue weighted by Gasteiger charge is 2.51. The number of nitriles is 1. The SMILES string of the molecule is Cc1cc(/C=C/C#N)cc(C)c1Oc1nc(Nc2ccc(B3OC(C)(C)C(C)(C)O3)cc2)nc2ccsc12. The van der Waals surface area contributed by atoms with E-state index in [9.17, 15) is 0 Å². The highest BCUT2D eigenvalue weighted by atomic mass is 32.1. The third-order valence-electron chi connectivity index (χ3n) is 7.00. The second-order valence-electron chi connectivity index (χ2n) is 10.4. The average molecular weight is 524 g/mol. The molecule has 5 rings (SSSR count). The van der Waals surface area contributed by atoms with Gasteiger partial charge in [0.15, 0.2) is 0 Å². The topological polar surface area (TPSA) is 89.3 Å². The lowest BCUT2D eigenvalue weighted by molar-refractivity contribution is 0.00578. The molecule has 7 nitrogen and oxygen atoms in total. The summed E-state index contributed by atoms with van der Waals surface area (Å²) >= 11 is 1.54. The maximum Gasteiger partial charge on any atom is 0.494 e. The van der Waals surface area contributed by atoms with E-state index in [1.54, 1.807) is 6.08 Å². The lowest BCUT2D eigenvalue weighted by atomic mass is 9.79. The monoisotopic (exact) mass is 524 g/mol. The molecule has 192 valence electrons. The Hall–Kier alpha value is -3.71. The molecule has 1 aliphatic heterocycles. The molecule has 0 amide bonds. The molecule has 9 heteroatoms. The van der Waals surface area contributed by atoms with Crippen molar-refractivity contribution >= 4 is 51.8 Å². The minimum Gasteiger partial charge on any atom is -0.437 e. The van der Waals surface area contributed by atoms with Crippen molar-refractivity contribution in [2.75, 3.05) is 5.32 Å². The zero-order chi connectivity index (χ0) is 27.1. The molecule has 1 saturated heterocycles. The maximum atomic E-state index is 8.84. The number of ether oxygens (including phenoxy) is 1. The Morgan fingerprint density at radius 2 is 1.66 bits per heavy atom. The minimum atomic E-state index is -0.416. The molecule has 38 heavy (non-hydrogen) atoms. The van der Waals surface area contributed by atoms with Gasteiger partial charge >= 0.3 is 7.12 Å². The zero-order valence-corrected chi connectivity index (χ0v) is 23.1. The fourth-order valence-corrected chi connectivity index (χ4v) is 5.02. The van der Waals surface area contributed by atoms with E-state index in [0.717, 1.165) is 43.8 Å². The van der Waals surface area contributed by atoms with Crippen molar-refractivity contribution in [2.24, 2.45) is 0 Å². The van der Waals surface area contributed by atoms with Gasteiger partial charge < -0.3 is 19.4 Å². The number of anilines is 2. The van der Waals surface area contributed by atoms with Crippen LogP contribution in [0.4, 0.5) is 11.6 Å². The third kappa shape index (κ3) is 5.03. The number of hydrogen-bond donors (Lipinski definition) is 1. The number of thiophene rings is 1. The molecule has 0 radical (unpaired) electrons. The Morgan fingerprint density at radius 1 is 1.00 bits per heavy atom. The Kier molecular flexibility index (Phi) is 6.74. The van der Waals surface area contributed by atoms with Gasteiger partial charge in [0, 0.05) is 11.8 Å². The summed E-state index contributed by atoms with van der Waals surface area (Å²) in [4.78, 5) is 9.40. The number of nitrogens with one attached hydrogen (secondary N) is 1. The van der Waals surface area contributed by atoms with Crippen molar-refractivity contribution in [3.63, 3.8) is 0 Å². The molecule has 2 aromatic carbocycles. The second kappa shape index (κ2) is 9.88. The highest BCUT2D eigenvalue weighted by molar-refractivity contribution is 7.17. The van der Waals surface area contributed by atoms with Crippen LogP contribution in [-0.2, 0) is 9.31 Å². The predicted molar refractivity (Wildman–Crippen MR) is 153 cm³/mol. The fraction of sp³-hybridized carbons (Fsp3) is 0.276. The summed E-state index contributed by atoms with van der Waals surface area (Å²) in [6.45, 7) is 12.2. The summed E-state index contributed by atoms with van der Waals surface area (Å²) in [5.41, 5.74) is 4.68. The first-order valence-electron chi connectivity index (χ1n) is 12.4. The Balaban J connectivity index is 1.39. The first kappa shape index (κ1) is 25.9. The molecular weight excluding hydrogens is 495 g/mol. The van der Waals surface area contributed by atoms with Crippen LogP contribution < -0.4 is 15.5 Å². The van der Waals surface area contributed by atoms with Crippen LogP contribution in [0.1, 0.15) is 44.4 Å². The molecule has 0 spiro atoms. The van der Waals surface area contributed by atoms with Crippen molar-refractivity contribution < 1.29 is 14.0 Å². The lowest BCUT2D eigenvalue weighted by Gasteiger charge is -2.32. The summed E-state index contributed by atoms with van der Waals surface area (Å²) < 4.78 is 19.6. The summed E-state index contributed by atoms with van der Waals surface area (Å²) in [6.07, 6.45) is 3.25. The first-order chi connectivity index (χ1) is 18.1. The van der Waals surface area contributed by atoms with Gasteiger partial charge in [-0.3, -0.25) is 0 Å². The molecular formula is C29H29BN4O3S. The van der Waals surface area contributed by atoms with Crippen LogP contribution in [0.3, 0.4) is 0 Å². The number of allylic oxidation sites excluding steroid dienone is 1. The maximum absolute atomic E-state index is 8.84. The Morgan fingerprint density at radius 3 is 2.29 bits per heavy atom. The summed E-state index contributed by atoms with van der Waals surface area (Å²) in [5.74, 6) is 1.68. The van der Waals surface area contributed by atoms with Gasteiger partial charge in [-0.1, -0.05) is 12.1 Å². The van der Waals surface area contributed by atoms with E-state index < -0.39 is 7.12 Å².